The number of hydrogen-bond acceptors (Lipinski definition) is 4. The zero-order valence-corrected chi connectivity index (χ0v) is 15.8. The number of rotatable bonds is 4. The summed E-state index contributed by atoms with van der Waals surface area (Å²) in [6, 6.07) is 8.12. The van der Waals surface area contributed by atoms with Gasteiger partial charge in [-0.05, 0) is 49.4 Å². The number of benzene rings is 1. The fourth-order valence-electron chi connectivity index (χ4n) is 5.38. The summed E-state index contributed by atoms with van der Waals surface area (Å²) in [5.41, 5.74) is 0.733. The van der Waals surface area contributed by atoms with E-state index in [1.807, 2.05) is 6.92 Å². The molecule has 2 amide bonds. The van der Waals surface area contributed by atoms with Crippen LogP contribution in [0.3, 0.4) is 0 Å². The number of carbonyl (C=O) groups excluding carboxylic acids is 2. The molecule has 28 heavy (non-hydrogen) atoms. The van der Waals surface area contributed by atoms with Crippen molar-refractivity contribution in [2.75, 3.05) is 18.0 Å². The highest BCUT2D eigenvalue weighted by Crippen LogP contribution is 2.48. The fraction of sp³-hybridized carbons (Fsp3) is 0.571. The standard InChI is InChI=1S/C21H23FN4O2/c1-12(20(27)26-16(9-23)6-13-7-18(13)26)10-24-11-17-8-19(24)21(28)25(17)15-4-2-14(22)3-5-15/h2-5,12-13,16-19H,6-8,10-11H2,1H3/t12-,13+,16-,17+,18?,19+/m0/s1. The molecule has 0 aromatic heterocycles. The molecule has 5 rings (SSSR count). The topological polar surface area (TPSA) is 67.7 Å². The number of anilines is 1. The maximum absolute atomic E-state index is 13.2. The van der Waals surface area contributed by atoms with Gasteiger partial charge in [0.05, 0.1) is 18.2 Å². The lowest BCUT2D eigenvalue weighted by Crippen LogP contribution is -2.53. The number of fused-ring (bicyclic) bond motifs is 3. The van der Waals surface area contributed by atoms with Crippen molar-refractivity contribution in [1.29, 1.82) is 5.26 Å². The highest BCUT2D eigenvalue weighted by molar-refractivity contribution is 6.01. The number of nitriles is 1. The van der Waals surface area contributed by atoms with Gasteiger partial charge in [0.15, 0.2) is 0 Å². The van der Waals surface area contributed by atoms with Crippen molar-refractivity contribution in [2.45, 2.75) is 50.4 Å². The number of halogens is 1. The van der Waals surface area contributed by atoms with Crippen molar-refractivity contribution in [3.8, 4) is 6.07 Å². The zero-order chi connectivity index (χ0) is 19.6. The highest BCUT2D eigenvalue weighted by atomic mass is 19.1. The third kappa shape index (κ3) is 2.62. The summed E-state index contributed by atoms with van der Waals surface area (Å²) in [6.07, 6.45) is 2.57. The maximum atomic E-state index is 13.2. The van der Waals surface area contributed by atoms with E-state index in [-0.39, 0.29) is 47.7 Å². The van der Waals surface area contributed by atoms with Crippen molar-refractivity contribution < 1.29 is 14.0 Å². The highest BCUT2D eigenvalue weighted by Gasteiger charge is 2.55. The molecule has 1 saturated carbocycles. The Morgan fingerprint density at radius 2 is 2.04 bits per heavy atom. The molecule has 6 atom stereocenters. The van der Waals surface area contributed by atoms with E-state index in [1.54, 1.807) is 21.9 Å². The van der Waals surface area contributed by atoms with Gasteiger partial charge in [0.1, 0.15) is 11.9 Å². The minimum Gasteiger partial charge on any atom is -0.323 e. The molecule has 4 fully saturated rings. The van der Waals surface area contributed by atoms with Gasteiger partial charge >= 0.3 is 0 Å². The first-order valence-electron chi connectivity index (χ1n) is 10.0. The fourth-order valence-corrected chi connectivity index (χ4v) is 5.38. The molecule has 2 bridgehead atoms. The lowest BCUT2D eigenvalue weighted by molar-refractivity contribution is -0.137. The maximum Gasteiger partial charge on any atom is 0.244 e. The molecule has 3 heterocycles. The van der Waals surface area contributed by atoms with E-state index in [1.165, 1.54) is 12.1 Å². The van der Waals surface area contributed by atoms with Crippen LogP contribution >= 0.6 is 0 Å². The van der Waals surface area contributed by atoms with Gasteiger partial charge in [-0.3, -0.25) is 14.5 Å². The van der Waals surface area contributed by atoms with Crippen LogP contribution in [0.2, 0.25) is 0 Å². The Hall–Kier alpha value is -2.46. The van der Waals surface area contributed by atoms with Crippen LogP contribution in [-0.4, -0.2) is 58.9 Å². The summed E-state index contributed by atoms with van der Waals surface area (Å²) in [5, 5.41) is 9.34. The zero-order valence-electron chi connectivity index (χ0n) is 15.8. The van der Waals surface area contributed by atoms with Gasteiger partial charge in [0.25, 0.3) is 0 Å². The van der Waals surface area contributed by atoms with E-state index < -0.39 is 0 Å². The Morgan fingerprint density at radius 3 is 2.71 bits per heavy atom. The Balaban J connectivity index is 1.25. The number of hydrogen-bond donors (Lipinski definition) is 0. The average molecular weight is 382 g/mol. The van der Waals surface area contributed by atoms with Gasteiger partial charge in [0, 0.05) is 30.7 Å². The Labute approximate surface area is 163 Å². The summed E-state index contributed by atoms with van der Waals surface area (Å²) < 4.78 is 13.2. The van der Waals surface area contributed by atoms with Crippen LogP contribution in [0, 0.1) is 29.0 Å². The third-order valence-corrected chi connectivity index (χ3v) is 6.81. The van der Waals surface area contributed by atoms with Crippen molar-refractivity contribution >= 4 is 17.5 Å². The number of likely N-dealkylation sites (tertiary alicyclic amines) is 2. The Bertz CT molecular complexity index is 866. The molecule has 6 nitrogen and oxygen atoms in total. The monoisotopic (exact) mass is 382 g/mol. The molecule has 1 unspecified atom stereocenters. The average Bonchev–Trinajstić information content (AvgIpc) is 3.02. The second-order valence-corrected chi connectivity index (χ2v) is 8.63. The van der Waals surface area contributed by atoms with Crippen LogP contribution in [0.1, 0.15) is 26.2 Å². The molecule has 3 saturated heterocycles. The second kappa shape index (κ2) is 6.28. The predicted octanol–water partition coefficient (Wildman–Crippen LogP) is 1.76. The Morgan fingerprint density at radius 1 is 1.29 bits per heavy atom. The van der Waals surface area contributed by atoms with Gasteiger partial charge in [-0.15, -0.1) is 0 Å². The Kier molecular flexibility index (Phi) is 3.95. The molecular weight excluding hydrogens is 359 g/mol. The molecule has 0 N–H and O–H groups in total. The predicted molar refractivity (Wildman–Crippen MR) is 99.6 cm³/mol. The molecule has 3 aliphatic heterocycles. The number of piperidine rings is 1. The van der Waals surface area contributed by atoms with Crippen molar-refractivity contribution in [3.63, 3.8) is 0 Å². The first-order valence-corrected chi connectivity index (χ1v) is 10.0. The summed E-state index contributed by atoms with van der Waals surface area (Å²) in [6.45, 7) is 3.16. The first kappa shape index (κ1) is 17.6. The number of piperazine rings is 1. The number of amides is 2. The molecule has 7 heteroatoms. The molecular formula is C21H23FN4O2. The normalized spacial score (nSPS) is 34.5. The summed E-state index contributed by atoms with van der Waals surface area (Å²) in [7, 11) is 0. The molecule has 1 aromatic carbocycles. The lowest BCUT2D eigenvalue weighted by Gasteiger charge is -2.35. The van der Waals surface area contributed by atoms with Gasteiger partial charge < -0.3 is 9.80 Å². The van der Waals surface area contributed by atoms with Crippen LogP contribution in [0.15, 0.2) is 24.3 Å². The molecule has 0 radical (unpaired) electrons. The molecule has 4 aliphatic rings. The minimum absolute atomic E-state index is 0.0286. The van der Waals surface area contributed by atoms with E-state index in [2.05, 4.69) is 11.0 Å². The SMILES string of the molecule is C[C@@H](CN1C[C@H]2C[C@@H]1C(=O)N2c1ccc(F)cc1)C(=O)N1C2C[C@H]2C[C@H]1C#N. The third-order valence-electron chi connectivity index (χ3n) is 6.81. The van der Waals surface area contributed by atoms with Gasteiger partial charge in [-0.2, -0.15) is 5.26 Å². The van der Waals surface area contributed by atoms with Crippen LogP contribution in [0.25, 0.3) is 0 Å². The van der Waals surface area contributed by atoms with Crippen molar-refractivity contribution in [3.05, 3.63) is 30.1 Å². The van der Waals surface area contributed by atoms with Crippen LogP contribution in [0.5, 0.6) is 0 Å². The van der Waals surface area contributed by atoms with Crippen LogP contribution in [0.4, 0.5) is 10.1 Å². The minimum atomic E-state index is -0.315. The smallest absolute Gasteiger partial charge is 0.244 e. The quantitative estimate of drug-likeness (QED) is 0.796. The van der Waals surface area contributed by atoms with Gasteiger partial charge in [-0.25, -0.2) is 4.39 Å². The molecule has 1 aliphatic carbocycles. The lowest BCUT2D eigenvalue weighted by atomic mass is 10.1. The van der Waals surface area contributed by atoms with Crippen LogP contribution < -0.4 is 4.90 Å². The van der Waals surface area contributed by atoms with E-state index in [0.717, 1.165) is 31.5 Å². The van der Waals surface area contributed by atoms with E-state index >= 15 is 0 Å². The van der Waals surface area contributed by atoms with Gasteiger partial charge in [-0.1, -0.05) is 6.92 Å². The van der Waals surface area contributed by atoms with E-state index in [0.29, 0.717) is 12.5 Å². The van der Waals surface area contributed by atoms with Crippen LogP contribution in [-0.2, 0) is 9.59 Å². The first-order chi connectivity index (χ1) is 13.5. The molecule has 0 spiro atoms. The van der Waals surface area contributed by atoms with E-state index in [9.17, 15) is 19.2 Å². The summed E-state index contributed by atoms with van der Waals surface area (Å²) >= 11 is 0. The largest absolute Gasteiger partial charge is 0.323 e. The number of carbonyl (C=O) groups is 2. The van der Waals surface area contributed by atoms with Crippen molar-refractivity contribution in [2.24, 2.45) is 11.8 Å². The van der Waals surface area contributed by atoms with Crippen molar-refractivity contribution in [1.82, 2.24) is 9.80 Å². The second-order valence-electron chi connectivity index (χ2n) is 8.63. The number of nitrogens with zero attached hydrogens (tertiary/aromatic N) is 4. The van der Waals surface area contributed by atoms with Gasteiger partial charge in [0.2, 0.25) is 11.8 Å². The molecule has 1 aromatic rings. The molecule has 146 valence electrons. The summed E-state index contributed by atoms with van der Waals surface area (Å²) in [4.78, 5) is 31.5. The summed E-state index contributed by atoms with van der Waals surface area (Å²) in [5.74, 6) is 0.0315. The van der Waals surface area contributed by atoms with E-state index in [4.69, 9.17) is 0 Å².